The Bertz CT molecular complexity index is 701. The maximum atomic E-state index is 13.3. The number of hydrogen-bond acceptors (Lipinski definition) is 3. The predicted octanol–water partition coefficient (Wildman–Crippen LogP) is 3.46. The summed E-state index contributed by atoms with van der Waals surface area (Å²) in [7, 11) is 0. The summed E-state index contributed by atoms with van der Waals surface area (Å²) in [5.74, 6) is -0.433. The van der Waals surface area contributed by atoms with Crippen molar-refractivity contribution in [3.63, 3.8) is 0 Å². The van der Waals surface area contributed by atoms with Gasteiger partial charge in [-0.25, -0.2) is 4.39 Å². The SMILES string of the molecule is O=C(O[C@@H]1CCC[C@H]1n1cccn1)[C@@H]1C[C@@H]1c1cccc(F)c1. The van der Waals surface area contributed by atoms with E-state index < -0.39 is 0 Å². The van der Waals surface area contributed by atoms with Crippen molar-refractivity contribution in [1.29, 1.82) is 0 Å². The van der Waals surface area contributed by atoms with E-state index in [1.807, 2.05) is 23.0 Å². The first-order valence-corrected chi connectivity index (χ1v) is 8.17. The van der Waals surface area contributed by atoms with E-state index in [9.17, 15) is 9.18 Å². The molecule has 2 saturated carbocycles. The Morgan fingerprint density at radius 2 is 2.22 bits per heavy atom. The first-order chi connectivity index (χ1) is 11.2. The second kappa shape index (κ2) is 5.80. The van der Waals surface area contributed by atoms with E-state index in [1.165, 1.54) is 12.1 Å². The third kappa shape index (κ3) is 2.87. The maximum Gasteiger partial charge on any atom is 0.309 e. The Morgan fingerprint density at radius 1 is 1.30 bits per heavy atom. The van der Waals surface area contributed by atoms with Crippen molar-refractivity contribution in [2.24, 2.45) is 5.92 Å². The number of hydrogen-bond donors (Lipinski definition) is 0. The molecule has 5 heteroatoms. The van der Waals surface area contributed by atoms with Crippen LogP contribution in [0.25, 0.3) is 0 Å². The number of rotatable bonds is 4. The van der Waals surface area contributed by atoms with Crippen molar-refractivity contribution in [2.45, 2.75) is 43.7 Å². The van der Waals surface area contributed by atoms with Crippen LogP contribution in [0.4, 0.5) is 4.39 Å². The van der Waals surface area contributed by atoms with Gasteiger partial charge in [0.2, 0.25) is 0 Å². The fourth-order valence-electron chi connectivity index (χ4n) is 3.62. The molecule has 0 spiro atoms. The van der Waals surface area contributed by atoms with Gasteiger partial charge >= 0.3 is 5.97 Å². The average Bonchev–Trinajstić information content (AvgIpc) is 2.93. The molecule has 0 N–H and O–H groups in total. The monoisotopic (exact) mass is 314 g/mol. The van der Waals surface area contributed by atoms with Gasteiger partial charge in [0, 0.05) is 12.4 Å². The van der Waals surface area contributed by atoms with Gasteiger partial charge in [-0.15, -0.1) is 0 Å². The van der Waals surface area contributed by atoms with Crippen molar-refractivity contribution in [3.05, 3.63) is 54.1 Å². The van der Waals surface area contributed by atoms with Crippen molar-refractivity contribution in [1.82, 2.24) is 9.78 Å². The zero-order valence-electron chi connectivity index (χ0n) is 12.8. The second-order valence-electron chi connectivity index (χ2n) is 6.46. The van der Waals surface area contributed by atoms with Gasteiger partial charge in [-0.3, -0.25) is 9.48 Å². The van der Waals surface area contributed by atoms with Gasteiger partial charge in [0.15, 0.2) is 0 Å². The molecule has 0 aliphatic heterocycles. The van der Waals surface area contributed by atoms with Crippen LogP contribution in [0, 0.1) is 11.7 Å². The standard InChI is InChI=1S/C18H19FN2O2/c19-13-5-1-4-12(10-13)14-11-15(14)18(22)23-17-7-2-6-16(17)21-9-3-8-20-21/h1,3-5,8-10,14-17H,2,6-7,11H2/t14-,15-,16-,17-/m1/s1. The Labute approximate surface area is 134 Å². The summed E-state index contributed by atoms with van der Waals surface area (Å²) in [5, 5.41) is 4.27. The Kier molecular flexibility index (Phi) is 3.63. The number of aromatic nitrogens is 2. The average molecular weight is 314 g/mol. The summed E-state index contributed by atoms with van der Waals surface area (Å²) >= 11 is 0. The largest absolute Gasteiger partial charge is 0.460 e. The predicted molar refractivity (Wildman–Crippen MR) is 82.2 cm³/mol. The highest BCUT2D eigenvalue weighted by Gasteiger charge is 2.47. The van der Waals surface area contributed by atoms with Gasteiger partial charge in [-0.1, -0.05) is 12.1 Å². The minimum atomic E-state index is -0.254. The van der Waals surface area contributed by atoms with Gasteiger partial charge < -0.3 is 4.74 Å². The lowest BCUT2D eigenvalue weighted by molar-refractivity contribution is -0.152. The zero-order chi connectivity index (χ0) is 15.8. The topological polar surface area (TPSA) is 44.1 Å². The Morgan fingerprint density at radius 3 is 3.00 bits per heavy atom. The maximum absolute atomic E-state index is 13.3. The fourth-order valence-corrected chi connectivity index (χ4v) is 3.62. The molecule has 0 unspecified atom stereocenters. The van der Waals surface area contributed by atoms with Crippen molar-refractivity contribution < 1.29 is 13.9 Å². The van der Waals surface area contributed by atoms with Crippen molar-refractivity contribution in [2.75, 3.05) is 0 Å². The third-order valence-electron chi connectivity index (χ3n) is 4.92. The molecule has 2 fully saturated rings. The minimum absolute atomic E-state index is 0.0998. The van der Waals surface area contributed by atoms with Crippen LogP contribution in [0.5, 0.6) is 0 Å². The Balaban J connectivity index is 1.39. The number of nitrogens with zero attached hydrogens (tertiary/aromatic N) is 2. The second-order valence-corrected chi connectivity index (χ2v) is 6.46. The van der Waals surface area contributed by atoms with E-state index in [0.717, 1.165) is 31.2 Å². The number of carbonyl (C=O) groups is 1. The summed E-state index contributed by atoms with van der Waals surface area (Å²) in [4.78, 5) is 12.4. The molecular formula is C18H19FN2O2. The van der Waals surface area contributed by atoms with Crippen LogP contribution in [0.15, 0.2) is 42.7 Å². The first-order valence-electron chi connectivity index (χ1n) is 8.17. The molecule has 2 aliphatic carbocycles. The number of ether oxygens (including phenoxy) is 1. The Hall–Kier alpha value is -2.17. The number of esters is 1. The van der Waals surface area contributed by atoms with E-state index in [4.69, 9.17) is 4.74 Å². The van der Waals surface area contributed by atoms with Gasteiger partial charge in [0.25, 0.3) is 0 Å². The van der Waals surface area contributed by atoms with E-state index >= 15 is 0 Å². The number of carbonyl (C=O) groups excluding carboxylic acids is 1. The van der Waals surface area contributed by atoms with Crippen LogP contribution in [0.1, 0.15) is 43.2 Å². The molecule has 1 heterocycles. The summed E-state index contributed by atoms with van der Waals surface area (Å²) in [5.41, 5.74) is 0.891. The molecule has 2 aliphatic rings. The molecule has 4 rings (SSSR count). The summed E-state index contributed by atoms with van der Waals surface area (Å²) < 4.78 is 20.9. The van der Waals surface area contributed by atoms with Gasteiger partial charge in [-0.2, -0.15) is 5.10 Å². The van der Waals surface area contributed by atoms with E-state index in [2.05, 4.69) is 5.10 Å². The molecule has 1 aromatic carbocycles. The zero-order valence-corrected chi connectivity index (χ0v) is 12.8. The summed E-state index contributed by atoms with van der Waals surface area (Å²) in [6, 6.07) is 8.53. The van der Waals surface area contributed by atoms with Gasteiger partial charge in [0.05, 0.1) is 12.0 Å². The number of halogens is 1. The summed E-state index contributed by atoms with van der Waals surface area (Å²) in [6.07, 6.45) is 7.23. The van der Waals surface area contributed by atoms with Crippen LogP contribution >= 0.6 is 0 Å². The quantitative estimate of drug-likeness (QED) is 0.812. The molecule has 4 nitrogen and oxygen atoms in total. The molecule has 0 saturated heterocycles. The smallest absolute Gasteiger partial charge is 0.309 e. The first kappa shape index (κ1) is 14.4. The molecule has 23 heavy (non-hydrogen) atoms. The molecule has 4 atom stereocenters. The lowest BCUT2D eigenvalue weighted by atomic mass is 10.1. The number of benzene rings is 1. The van der Waals surface area contributed by atoms with Crippen molar-refractivity contribution in [3.8, 4) is 0 Å². The summed E-state index contributed by atoms with van der Waals surface area (Å²) in [6.45, 7) is 0. The van der Waals surface area contributed by atoms with Crippen LogP contribution in [0.3, 0.4) is 0 Å². The van der Waals surface area contributed by atoms with Crippen molar-refractivity contribution >= 4 is 5.97 Å². The molecule has 0 amide bonds. The lowest BCUT2D eigenvalue weighted by Gasteiger charge is -2.20. The van der Waals surface area contributed by atoms with Crippen LogP contribution in [0.2, 0.25) is 0 Å². The van der Waals surface area contributed by atoms with E-state index in [1.54, 1.807) is 12.3 Å². The lowest BCUT2D eigenvalue weighted by Crippen LogP contribution is -2.26. The van der Waals surface area contributed by atoms with Crippen LogP contribution < -0.4 is 0 Å². The highest BCUT2D eigenvalue weighted by Crippen LogP contribution is 2.49. The normalized spacial score (nSPS) is 29.4. The molecular weight excluding hydrogens is 295 g/mol. The van der Waals surface area contributed by atoms with E-state index in [0.29, 0.717) is 0 Å². The van der Waals surface area contributed by atoms with Gasteiger partial charge in [0.1, 0.15) is 11.9 Å². The highest BCUT2D eigenvalue weighted by atomic mass is 19.1. The minimum Gasteiger partial charge on any atom is -0.460 e. The van der Waals surface area contributed by atoms with Crippen LogP contribution in [-0.4, -0.2) is 21.9 Å². The highest BCUT2D eigenvalue weighted by molar-refractivity contribution is 5.77. The molecule has 1 aromatic heterocycles. The molecule has 0 radical (unpaired) electrons. The van der Waals surface area contributed by atoms with Gasteiger partial charge in [-0.05, 0) is 55.4 Å². The molecule has 120 valence electrons. The fraction of sp³-hybridized carbons (Fsp3) is 0.444. The van der Waals surface area contributed by atoms with Crippen LogP contribution in [-0.2, 0) is 9.53 Å². The third-order valence-corrected chi connectivity index (χ3v) is 4.92. The molecule has 0 bridgehead atoms. The van der Waals surface area contributed by atoms with E-state index in [-0.39, 0.29) is 35.8 Å². The molecule has 2 aromatic rings.